The van der Waals surface area contributed by atoms with Crippen molar-refractivity contribution in [3.63, 3.8) is 0 Å². The van der Waals surface area contributed by atoms with E-state index < -0.39 is 0 Å². The molecule has 0 aromatic heterocycles. The SMILES string of the molecule is CC(C)(C)N1CC[C@@H](CN)[C@H](O)C1. The third-order valence-corrected chi connectivity index (χ3v) is 2.97. The number of hydrogen-bond acceptors (Lipinski definition) is 3. The molecule has 0 aliphatic carbocycles. The molecule has 0 amide bonds. The van der Waals surface area contributed by atoms with E-state index in [0.29, 0.717) is 12.5 Å². The molecule has 0 radical (unpaired) electrons. The number of aliphatic hydroxyl groups is 1. The second kappa shape index (κ2) is 3.95. The number of nitrogens with two attached hydrogens (primary N) is 1. The Morgan fingerprint density at radius 3 is 2.46 bits per heavy atom. The number of β-amino-alcohol motifs (C(OH)–C–C–N with tert-alkyl or cyclic N) is 1. The third-order valence-electron chi connectivity index (χ3n) is 2.97. The maximum absolute atomic E-state index is 9.78. The Labute approximate surface area is 80.9 Å². The highest BCUT2D eigenvalue weighted by molar-refractivity contribution is 4.86. The Kier molecular flexibility index (Phi) is 3.33. The summed E-state index contributed by atoms with van der Waals surface area (Å²) in [6.45, 7) is 8.99. The van der Waals surface area contributed by atoms with Gasteiger partial charge in [-0.3, -0.25) is 4.90 Å². The summed E-state index contributed by atoms with van der Waals surface area (Å²) < 4.78 is 0. The van der Waals surface area contributed by atoms with Gasteiger partial charge in [-0.15, -0.1) is 0 Å². The Morgan fingerprint density at radius 2 is 2.08 bits per heavy atom. The summed E-state index contributed by atoms with van der Waals surface area (Å²) in [7, 11) is 0. The van der Waals surface area contributed by atoms with Crippen LogP contribution in [-0.4, -0.2) is 41.3 Å². The van der Waals surface area contributed by atoms with E-state index in [1.165, 1.54) is 0 Å². The van der Waals surface area contributed by atoms with Crippen LogP contribution in [0.5, 0.6) is 0 Å². The molecule has 0 aromatic carbocycles. The maximum Gasteiger partial charge on any atom is 0.0707 e. The molecule has 1 aliphatic rings. The van der Waals surface area contributed by atoms with Gasteiger partial charge in [0.2, 0.25) is 0 Å². The molecule has 0 saturated carbocycles. The highest BCUT2D eigenvalue weighted by atomic mass is 16.3. The summed E-state index contributed by atoms with van der Waals surface area (Å²) in [6.07, 6.45) is 0.785. The van der Waals surface area contributed by atoms with Gasteiger partial charge >= 0.3 is 0 Å². The Morgan fingerprint density at radius 1 is 1.46 bits per heavy atom. The van der Waals surface area contributed by atoms with Crippen molar-refractivity contribution in [3.05, 3.63) is 0 Å². The molecule has 0 aromatic rings. The molecule has 2 atom stereocenters. The number of nitrogens with zero attached hydrogens (tertiary/aromatic N) is 1. The average Bonchev–Trinajstić information content (AvgIpc) is 2.02. The van der Waals surface area contributed by atoms with Gasteiger partial charge in [0.1, 0.15) is 0 Å². The molecule has 1 saturated heterocycles. The molecule has 3 nitrogen and oxygen atoms in total. The van der Waals surface area contributed by atoms with Crippen molar-refractivity contribution in [1.29, 1.82) is 0 Å². The lowest BCUT2D eigenvalue weighted by molar-refractivity contribution is -0.0120. The van der Waals surface area contributed by atoms with E-state index in [4.69, 9.17) is 5.73 Å². The topological polar surface area (TPSA) is 49.5 Å². The van der Waals surface area contributed by atoms with Crippen LogP contribution in [0, 0.1) is 5.92 Å². The minimum absolute atomic E-state index is 0.167. The Hall–Kier alpha value is -0.120. The summed E-state index contributed by atoms with van der Waals surface area (Å²) in [5, 5.41) is 9.78. The maximum atomic E-state index is 9.78. The molecule has 3 heteroatoms. The lowest BCUT2D eigenvalue weighted by Gasteiger charge is -2.43. The minimum atomic E-state index is -0.238. The van der Waals surface area contributed by atoms with Gasteiger partial charge in [-0.05, 0) is 46.2 Å². The fraction of sp³-hybridized carbons (Fsp3) is 1.00. The van der Waals surface area contributed by atoms with Gasteiger partial charge in [0.15, 0.2) is 0 Å². The first-order chi connectivity index (χ1) is 5.95. The minimum Gasteiger partial charge on any atom is -0.391 e. The number of rotatable bonds is 1. The number of hydrogen-bond donors (Lipinski definition) is 2. The summed E-state index contributed by atoms with van der Waals surface area (Å²) in [6, 6.07) is 0. The molecule has 1 heterocycles. The van der Waals surface area contributed by atoms with E-state index in [0.717, 1.165) is 19.5 Å². The highest BCUT2D eigenvalue weighted by Crippen LogP contribution is 2.23. The third kappa shape index (κ3) is 2.66. The van der Waals surface area contributed by atoms with Crippen LogP contribution in [0.15, 0.2) is 0 Å². The van der Waals surface area contributed by atoms with Gasteiger partial charge in [0, 0.05) is 12.1 Å². The first kappa shape index (κ1) is 11.0. The molecule has 13 heavy (non-hydrogen) atoms. The number of likely N-dealkylation sites (tertiary alicyclic amines) is 1. The molecule has 0 unspecified atom stereocenters. The van der Waals surface area contributed by atoms with E-state index >= 15 is 0 Å². The second-order valence-electron chi connectivity index (χ2n) is 4.97. The van der Waals surface area contributed by atoms with Crippen LogP contribution in [0.4, 0.5) is 0 Å². The standard InChI is InChI=1S/C10H22N2O/c1-10(2,3)12-5-4-8(6-11)9(13)7-12/h8-9,13H,4-7,11H2,1-3H3/t8-,9+/m0/s1. The van der Waals surface area contributed by atoms with Gasteiger partial charge in [0.25, 0.3) is 0 Å². The molecular formula is C10H22N2O. The van der Waals surface area contributed by atoms with Gasteiger partial charge < -0.3 is 10.8 Å². The molecule has 3 N–H and O–H groups in total. The second-order valence-corrected chi connectivity index (χ2v) is 4.97. The van der Waals surface area contributed by atoms with Gasteiger partial charge in [-0.1, -0.05) is 0 Å². The van der Waals surface area contributed by atoms with E-state index in [1.807, 2.05) is 0 Å². The van der Waals surface area contributed by atoms with E-state index in [9.17, 15) is 5.11 Å². The molecule has 1 aliphatic heterocycles. The van der Waals surface area contributed by atoms with Gasteiger partial charge in [0.05, 0.1) is 6.10 Å². The van der Waals surface area contributed by atoms with Crippen LogP contribution >= 0.6 is 0 Å². The van der Waals surface area contributed by atoms with Crippen LogP contribution in [0.3, 0.4) is 0 Å². The summed E-state index contributed by atoms with van der Waals surface area (Å²) in [5.74, 6) is 0.304. The first-order valence-corrected chi connectivity index (χ1v) is 5.08. The van der Waals surface area contributed by atoms with Crippen LogP contribution in [0.2, 0.25) is 0 Å². The van der Waals surface area contributed by atoms with Crippen molar-refractivity contribution in [1.82, 2.24) is 4.90 Å². The zero-order valence-electron chi connectivity index (χ0n) is 8.95. The predicted molar refractivity (Wildman–Crippen MR) is 54.5 cm³/mol. The zero-order chi connectivity index (χ0) is 10.1. The first-order valence-electron chi connectivity index (χ1n) is 5.08. The van der Waals surface area contributed by atoms with Crippen molar-refractivity contribution < 1.29 is 5.11 Å². The normalized spacial score (nSPS) is 32.1. The van der Waals surface area contributed by atoms with Crippen molar-refractivity contribution in [2.75, 3.05) is 19.6 Å². The average molecular weight is 186 g/mol. The molecule has 1 rings (SSSR count). The summed E-state index contributed by atoms with van der Waals surface area (Å²) in [5.41, 5.74) is 5.74. The molecular weight excluding hydrogens is 164 g/mol. The largest absolute Gasteiger partial charge is 0.391 e. The van der Waals surface area contributed by atoms with Crippen molar-refractivity contribution >= 4 is 0 Å². The lowest BCUT2D eigenvalue weighted by Crippen LogP contribution is -2.53. The van der Waals surface area contributed by atoms with Crippen LogP contribution in [-0.2, 0) is 0 Å². The van der Waals surface area contributed by atoms with E-state index in [1.54, 1.807) is 0 Å². The van der Waals surface area contributed by atoms with Gasteiger partial charge in [-0.2, -0.15) is 0 Å². The van der Waals surface area contributed by atoms with E-state index in [-0.39, 0.29) is 11.6 Å². The van der Waals surface area contributed by atoms with Crippen LogP contribution in [0.1, 0.15) is 27.2 Å². The van der Waals surface area contributed by atoms with Crippen molar-refractivity contribution in [2.45, 2.75) is 38.8 Å². The highest BCUT2D eigenvalue weighted by Gasteiger charge is 2.31. The fourth-order valence-electron chi connectivity index (χ4n) is 1.86. The van der Waals surface area contributed by atoms with Crippen molar-refractivity contribution in [3.8, 4) is 0 Å². The predicted octanol–water partition coefficient (Wildman–Crippen LogP) is 0.426. The Balaban J connectivity index is 2.51. The van der Waals surface area contributed by atoms with E-state index in [2.05, 4.69) is 25.7 Å². The van der Waals surface area contributed by atoms with Crippen LogP contribution < -0.4 is 5.73 Å². The lowest BCUT2D eigenvalue weighted by atomic mass is 9.91. The molecule has 1 fully saturated rings. The smallest absolute Gasteiger partial charge is 0.0707 e. The zero-order valence-corrected chi connectivity index (χ0v) is 8.95. The number of aliphatic hydroxyl groups excluding tert-OH is 1. The molecule has 0 bridgehead atoms. The summed E-state index contributed by atoms with van der Waals surface area (Å²) in [4.78, 5) is 2.32. The Bertz CT molecular complexity index is 165. The van der Waals surface area contributed by atoms with Crippen LogP contribution in [0.25, 0.3) is 0 Å². The van der Waals surface area contributed by atoms with Crippen molar-refractivity contribution in [2.24, 2.45) is 11.7 Å². The molecule has 78 valence electrons. The monoisotopic (exact) mass is 186 g/mol. The summed E-state index contributed by atoms with van der Waals surface area (Å²) >= 11 is 0. The molecule has 0 spiro atoms. The van der Waals surface area contributed by atoms with Gasteiger partial charge in [-0.25, -0.2) is 0 Å². The number of piperidine rings is 1. The quantitative estimate of drug-likeness (QED) is 0.624. The fourth-order valence-corrected chi connectivity index (χ4v) is 1.86.